The lowest BCUT2D eigenvalue weighted by molar-refractivity contribution is 0.547. The van der Waals surface area contributed by atoms with Gasteiger partial charge in [0.2, 0.25) is 0 Å². The second-order valence-corrected chi connectivity index (χ2v) is 11.5. The molecule has 1 saturated carbocycles. The highest BCUT2D eigenvalue weighted by atomic mass is 16.3. The summed E-state index contributed by atoms with van der Waals surface area (Å²) in [5, 5.41) is 5.08. The van der Waals surface area contributed by atoms with Crippen molar-refractivity contribution in [2.75, 3.05) is 0 Å². The van der Waals surface area contributed by atoms with E-state index in [1.165, 1.54) is 75.9 Å². The van der Waals surface area contributed by atoms with Crippen molar-refractivity contribution in [1.29, 1.82) is 0 Å². The van der Waals surface area contributed by atoms with Crippen molar-refractivity contribution in [3.8, 4) is 0 Å². The quantitative estimate of drug-likeness (QED) is 0.246. The molecule has 5 aromatic rings. The van der Waals surface area contributed by atoms with Gasteiger partial charge in [-0.2, -0.15) is 0 Å². The number of benzene rings is 4. The van der Waals surface area contributed by atoms with Gasteiger partial charge in [-0.15, -0.1) is 0 Å². The van der Waals surface area contributed by atoms with Crippen molar-refractivity contribution in [1.82, 2.24) is 0 Å². The Morgan fingerprint density at radius 2 is 1.72 bits per heavy atom. The monoisotopic (exact) mass is 471 g/mol. The number of para-hydroxylation sites is 1. The van der Waals surface area contributed by atoms with Crippen molar-refractivity contribution in [3.05, 3.63) is 88.5 Å². The maximum atomic E-state index is 6.48. The Morgan fingerprint density at radius 3 is 2.56 bits per heavy atom. The summed E-state index contributed by atoms with van der Waals surface area (Å²) in [5.74, 6) is 1.43. The van der Waals surface area contributed by atoms with E-state index < -0.39 is 0 Å². The summed E-state index contributed by atoms with van der Waals surface area (Å²) in [6.07, 6.45) is 7.77. The fourth-order valence-electron chi connectivity index (χ4n) is 6.68. The Morgan fingerprint density at radius 1 is 0.889 bits per heavy atom. The first-order chi connectivity index (χ1) is 17.5. The van der Waals surface area contributed by atoms with Crippen molar-refractivity contribution in [2.24, 2.45) is 16.8 Å². The van der Waals surface area contributed by atoms with Crippen LogP contribution < -0.4 is 0 Å². The van der Waals surface area contributed by atoms with Crippen LogP contribution in [0.1, 0.15) is 67.3 Å². The molecule has 1 aliphatic heterocycles. The van der Waals surface area contributed by atoms with Crippen molar-refractivity contribution in [3.63, 3.8) is 0 Å². The van der Waals surface area contributed by atoms with Crippen LogP contribution in [0, 0.1) is 18.8 Å². The van der Waals surface area contributed by atoms with E-state index in [0.29, 0.717) is 5.92 Å². The lowest BCUT2D eigenvalue weighted by Gasteiger charge is -2.15. The van der Waals surface area contributed by atoms with E-state index in [9.17, 15) is 0 Å². The molecule has 36 heavy (non-hydrogen) atoms. The molecule has 2 nitrogen and oxygen atoms in total. The second-order valence-electron chi connectivity index (χ2n) is 11.5. The third kappa shape index (κ3) is 3.50. The summed E-state index contributed by atoms with van der Waals surface area (Å²) in [4.78, 5) is 5.28. The Kier molecular flexibility index (Phi) is 5.06. The molecular formula is C34H33NO. The standard InChI is InChI=1S/C34H33NO/c1-20(2)14-24-12-13-30-32-26(24)18-23(17-22-8-4-5-9-22)19-28(32)33(35-30)29-16-21(3)15-27-25-10-6-7-11-31(25)36-34(27)29/h6-7,10-13,15-16,18-20,22H,4-5,8-9,14,17H2,1-3H3. The van der Waals surface area contributed by atoms with Crippen LogP contribution in [0.5, 0.6) is 0 Å². The number of aliphatic imine (C=N–C) groups is 1. The van der Waals surface area contributed by atoms with E-state index in [2.05, 4.69) is 75.4 Å². The van der Waals surface area contributed by atoms with Crippen LogP contribution in [-0.2, 0) is 12.8 Å². The van der Waals surface area contributed by atoms with E-state index in [4.69, 9.17) is 9.41 Å². The van der Waals surface area contributed by atoms with E-state index in [1.807, 2.05) is 6.07 Å². The molecule has 0 spiro atoms. The zero-order valence-corrected chi connectivity index (χ0v) is 21.5. The minimum absolute atomic E-state index is 0.620. The number of rotatable bonds is 5. The van der Waals surface area contributed by atoms with Gasteiger partial charge >= 0.3 is 0 Å². The Bertz CT molecular complexity index is 1680. The molecule has 1 fully saturated rings. The summed E-state index contributed by atoms with van der Waals surface area (Å²) in [6.45, 7) is 6.81. The molecule has 0 saturated heterocycles. The van der Waals surface area contributed by atoms with Crippen molar-refractivity contribution >= 4 is 44.1 Å². The molecule has 180 valence electrons. The highest BCUT2D eigenvalue weighted by Crippen LogP contribution is 2.43. The molecule has 0 unspecified atom stereocenters. The molecule has 0 amide bonds. The molecule has 2 heterocycles. The summed E-state index contributed by atoms with van der Waals surface area (Å²) in [6, 6.07) is 22.4. The van der Waals surface area contributed by atoms with E-state index in [-0.39, 0.29) is 0 Å². The molecule has 0 radical (unpaired) electrons. The maximum absolute atomic E-state index is 6.48. The van der Waals surface area contributed by atoms with Gasteiger partial charge in [0, 0.05) is 27.3 Å². The van der Waals surface area contributed by atoms with Crippen LogP contribution in [0.2, 0.25) is 0 Å². The number of hydrogen-bond donors (Lipinski definition) is 0. The minimum atomic E-state index is 0.620. The number of aryl methyl sites for hydroxylation is 1. The summed E-state index contributed by atoms with van der Waals surface area (Å²) in [7, 11) is 0. The first-order valence-electron chi connectivity index (χ1n) is 13.6. The lowest BCUT2D eigenvalue weighted by Crippen LogP contribution is -2.05. The number of furan rings is 1. The van der Waals surface area contributed by atoms with Gasteiger partial charge in [-0.25, -0.2) is 4.99 Å². The van der Waals surface area contributed by atoms with Gasteiger partial charge < -0.3 is 4.42 Å². The topological polar surface area (TPSA) is 25.5 Å². The highest BCUT2D eigenvalue weighted by molar-refractivity contribution is 6.30. The fourth-order valence-corrected chi connectivity index (χ4v) is 6.68. The minimum Gasteiger partial charge on any atom is -0.455 e. The van der Waals surface area contributed by atoms with Gasteiger partial charge in [-0.3, -0.25) is 0 Å². The lowest BCUT2D eigenvalue weighted by atomic mass is 9.88. The Balaban J connectivity index is 1.46. The predicted molar refractivity (Wildman–Crippen MR) is 152 cm³/mol. The molecule has 4 aromatic carbocycles. The molecule has 0 bridgehead atoms. The van der Waals surface area contributed by atoms with E-state index >= 15 is 0 Å². The van der Waals surface area contributed by atoms with E-state index in [0.717, 1.165) is 40.5 Å². The molecule has 0 N–H and O–H groups in total. The fraction of sp³-hybridized carbons (Fsp3) is 0.324. The Labute approximate surface area is 213 Å². The van der Waals surface area contributed by atoms with Gasteiger partial charge in [0.1, 0.15) is 11.2 Å². The zero-order valence-electron chi connectivity index (χ0n) is 21.5. The molecule has 2 heteroatoms. The summed E-state index contributed by atoms with van der Waals surface area (Å²) >= 11 is 0. The third-order valence-electron chi connectivity index (χ3n) is 8.23. The Hall–Kier alpha value is -3.39. The first kappa shape index (κ1) is 21.9. The van der Waals surface area contributed by atoms with Crippen LogP contribution in [0.4, 0.5) is 5.69 Å². The van der Waals surface area contributed by atoms with Gasteiger partial charge in [-0.05, 0) is 84.0 Å². The molecule has 1 aliphatic carbocycles. The van der Waals surface area contributed by atoms with E-state index in [1.54, 1.807) is 0 Å². The van der Waals surface area contributed by atoms with Gasteiger partial charge in [0.15, 0.2) is 0 Å². The zero-order chi connectivity index (χ0) is 24.4. The van der Waals surface area contributed by atoms with Gasteiger partial charge in [0.25, 0.3) is 0 Å². The van der Waals surface area contributed by atoms with Crippen LogP contribution >= 0.6 is 0 Å². The molecular weight excluding hydrogens is 438 g/mol. The number of nitrogens with zero attached hydrogens (tertiary/aromatic N) is 1. The predicted octanol–water partition coefficient (Wildman–Crippen LogP) is 9.46. The van der Waals surface area contributed by atoms with Crippen molar-refractivity contribution in [2.45, 2.75) is 59.3 Å². The van der Waals surface area contributed by atoms with Crippen molar-refractivity contribution < 1.29 is 4.42 Å². The average molecular weight is 472 g/mol. The summed E-state index contributed by atoms with van der Waals surface area (Å²) < 4.78 is 6.48. The van der Waals surface area contributed by atoms with Crippen LogP contribution in [0.25, 0.3) is 32.7 Å². The molecule has 2 aliphatic rings. The van der Waals surface area contributed by atoms with Gasteiger partial charge in [0.05, 0.1) is 11.4 Å². The van der Waals surface area contributed by atoms with Crippen LogP contribution in [-0.4, -0.2) is 5.71 Å². The van der Waals surface area contributed by atoms with Gasteiger partial charge in [-0.1, -0.05) is 69.9 Å². The number of hydrogen-bond acceptors (Lipinski definition) is 2. The molecule has 7 rings (SSSR count). The number of fused-ring (bicyclic) bond motifs is 3. The van der Waals surface area contributed by atoms with Crippen LogP contribution in [0.15, 0.2) is 70.1 Å². The molecule has 0 atom stereocenters. The first-order valence-corrected chi connectivity index (χ1v) is 13.6. The normalized spacial score (nSPS) is 15.7. The largest absolute Gasteiger partial charge is 0.455 e. The highest BCUT2D eigenvalue weighted by Gasteiger charge is 2.26. The second kappa shape index (κ2) is 8.34. The smallest absolute Gasteiger partial charge is 0.144 e. The van der Waals surface area contributed by atoms with Crippen LogP contribution in [0.3, 0.4) is 0 Å². The molecule has 1 aromatic heterocycles. The average Bonchev–Trinajstić information content (AvgIpc) is 3.58. The SMILES string of the molecule is Cc1cc(C2=Nc3ccc(CC(C)C)c4cc(CC5CCCC5)cc2c34)c2oc3ccccc3c2c1. The summed E-state index contributed by atoms with van der Waals surface area (Å²) in [5.41, 5.74) is 10.6. The third-order valence-corrected chi connectivity index (χ3v) is 8.23. The maximum Gasteiger partial charge on any atom is 0.144 e.